The Morgan fingerprint density at radius 2 is 1.36 bits per heavy atom. The van der Waals surface area contributed by atoms with Crippen molar-refractivity contribution in [3.8, 4) is 0 Å². The first-order valence-electron chi connectivity index (χ1n) is 7.55. The van der Waals surface area contributed by atoms with E-state index in [-0.39, 0.29) is 21.5 Å². The summed E-state index contributed by atoms with van der Waals surface area (Å²) in [6, 6.07) is 11.6. The summed E-state index contributed by atoms with van der Waals surface area (Å²) in [6.07, 6.45) is 0.671. The van der Waals surface area contributed by atoms with E-state index in [9.17, 15) is 16.8 Å². The molecule has 9 heteroatoms. The van der Waals surface area contributed by atoms with E-state index in [0.29, 0.717) is 6.42 Å². The van der Waals surface area contributed by atoms with E-state index in [1.807, 2.05) is 6.92 Å². The fraction of sp³-hybridized carbons (Fsp3) is 0.250. The van der Waals surface area contributed by atoms with Crippen LogP contribution in [-0.4, -0.2) is 22.9 Å². The second-order valence-corrected chi connectivity index (χ2v) is 9.83. The maximum atomic E-state index is 12.3. The molecule has 0 saturated carbocycles. The molecule has 2 aromatic carbocycles. The summed E-state index contributed by atoms with van der Waals surface area (Å²) in [6.45, 7) is 3.66. The smallest absolute Gasteiger partial charge is 0.261 e. The highest BCUT2D eigenvalue weighted by molar-refractivity contribution is 9.10. The Hall–Kier alpha value is -1.42. The Morgan fingerprint density at radius 1 is 0.880 bits per heavy atom. The Kier molecular flexibility index (Phi) is 6.26. The summed E-state index contributed by atoms with van der Waals surface area (Å²) in [7, 11) is -7.36. The van der Waals surface area contributed by atoms with Crippen molar-refractivity contribution >= 4 is 41.7 Å². The molecule has 0 heterocycles. The molecular weight excluding hydrogens is 428 g/mol. The highest BCUT2D eigenvalue weighted by Crippen LogP contribution is 2.20. The molecule has 0 bridgehead atoms. The minimum atomic E-state index is -3.74. The number of halogens is 1. The number of rotatable bonds is 7. The molecule has 0 radical (unpaired) electrons. The number of sulfonamides is 2. The van der Waals surface area contributed by atoms with Crippen molar-refractivity contribution in [2.24, 2.45) is 0 Å². The van der Waals surface area contributed by atoms with Crippen LogP contribution in [0.2, 0.25) is 0 Å². The average molecular weight is 447 g/mol. The molecule has 2 N–H and O–H groups in total. The zero-order valence-electron chi connectivity index (χ0n) is 13.7. The van der Waals surface area contributed by atoms with Crippen LogP contribution in [0.4, 0.5) is 5.69 Å². The topological polar surface area (TPSA) is 92.3 Å². The lowest BCUT2D eigenvalue weighted by Crippen LogP contribution is -2.31. The molecule has 0 saturated heterocycles. The van der Waals surface area contributed by atoms with Gasteiger partial charge < -0.3 is 0 Å². The lowest BCUT2D eigenvalue weighted by molar-refractivity contribution is 0.556. The molecular formula is C16H19BrN2O4S2. The molecule has 136 valence electrons. The third kappa shape index (κ3) is 5.27. The van der Waals surface area contributed by atoms with Crippen molar-refractivity contribution < 1.29 is 16.8 Å². The molecule has 2 aromatic rings. The van der Waals surface area contributed by atoms with Gasteiger partial charge in [0, 0.05) is 16.2 Å². The van der Waals surface area contributed by atoms with Crippen LogP contribution in [0.1, 0.15) is 20.3 Å². The first-order valence-corrected chi connectivity index (χ1v) is 11.3. The van der Waals surface area contributed by atoms with Crippen LogP contribution < -0.4 is 9.44 Å². The van der Waals surface area contributed by atoms with Gasteiger partial charge in [0.15, 0.2) is 0 Å². The molecule has 0 spiro atoms. The minimum Gasteiger partial charge on any atom is -0.280 e. The lowest BCUT2D eigenvalue weighted by Gasteiger charge is -2.13. The number of anilines is 1. The quantitative estimate of drug-likeness (QED) is 0.681. The van der Waals surface area contributed by atoms with Crippen LogP contribution in [0.15, 0.2) is 62.8 Å². The summed E-state index contributed by atoms with van der Waals surface area (Å²) in [4.78, 5) is 0.199. The second kappa shape index (κ2) is 7.86. The largest absolute Gasteiger partial charge is 0.280 e. The number of hydrogen-bond acceptors (Lipinski definition) is 4. The number of nitrogens with one attached hydrogen (secondary N) is 2. The van der Waals surface area contributed by atoms with Gasteiger partial charge in [-0.15, -0.1) is 0 Å². The lowest BCUT2D eigenvalue weighted by atomic mass is 10.3. The van der Waals surface area contributed by atoms with E-state index in [4.69, 9.17) is 0 Å². The highest BCUT2D eigenvalue weighted by atomic mass is 79.9. The van der Waals surface area contributed by atoms with Crippen molar-refractivity contribution in [1.82, 2.24) is 4.72 Å². The third-order valence-electron chi connectivity index (χ3n) is 3.51. The standard InChI is InChI=1S/C16H19BrN2O4S2/c1-3-12(2)18-24(20,21)16-10-6-14(7-11-16)19-25(22,23)15-8-4-13(17)5-9-15/h4-12,18-19H,3H2,1-2H3/t12-/m0/s1. The number of hydrogen-bond donors (Lipinski definition) is 2. The van der Waals surface area contributed by atoms with Crippen LogP contribution in [0.3, 0.4) is 0 Å². The van der Waals surface area contributed by atoms with Crippen molar-refractivity contribution in [2.75, 3.05) is 4.72 Å². The van der Waals surface area contributed by atoms with E-state index in [1.54, 1.807) is 19.1 Å². The minimum absolute atomic E-state index is 0.0828. The molecule has 0 aliphatic heterocycles. The van der Waals surface area contributed by atoms with Crippen LogP contribution in [-0.2, 0) is 20.0 Å². The predicted octanol–water partition coefficient (Wildman–Crippen LogP) is 3.33. The van der Waals surface area contributed by atoms with Gasteiger partial charge in [-0.3, -0.25) is 4.72 Å². The maximum Gasteiger partial charge on any atom is 0.261 e. The van der Waals surface area contributed by atoms with Crippen molar-refractivity contribution in [3.63, 3.8) is 0 Å². The fourth-order valence-corrected chi connectivity index (χ4v) is 4.60. The van der Waals surface area contributed by atoms with Crippen LogP contribution >= 0.6 is 15.9 Å². The highest BCUT2D eigenvalue weighted by Gasteiger charge is 2.18. The van der Waals surface area contributed by atoms with Crippen LogP contribution in [0.5, 0.6) is 0 Å². The van der Waals surface area contributed by atoms with Gasteiger partial charge in [-0.2, -0.15) is 0 Å². The summed E-state index contributed by atoms with van der Waals surface area (Å²) in [5.41, 5.74) is 0.283. The summed E-state index contributed by atoms with van der Waals surface area (Å²) < 4.78 is 54.8. The normalized spacial score (nSPS) is 13.4. The molecule has 0 fully saturated rings. The zero-order chi connectivity index (χ0) is 18.7. The van der Waals surface area contributed by atoms with Gasteiger partial charge in [-0.25, -0.2) is 21.6 Å². The van der Waals surface area contributed by atoms with Gasteiger partial charge in [0.05, 0.1) is 9.79 Å². The van der Waals surface area contributed by atoms with E-state index in [1.165, 1.54) is 36.4 Å². The van der Waals surface area contributed by atoms with Crippen molar-refractivity contribution in [2.45, 2.75) is 36.1 Å². The Balaban J connectivity index is 2.19. The summed E-state index contributed by atoms with van der Waals surface area (Å²) in [5, 5.41) is 0. The van der Waals surface area contributed by atoms with E-state index in [2.05, 4.69) is 25.4 Å². The predicted molar refractivity (Wildman–Crippen MR) is 101 cm³/mol. The molecule has 6 nitrogen and oxygen atoms in total. The van der Waals surface area contributed by atoms with Crippen LogP contribution in [0, 0.1) is 0 Å². The fourth-order valence-electron chi connectivity index (χ4n) is 1.95. The first-order chi connectivity index (χ1) is 11.6. The Bertz CT molecular complexity index is 925. The van der Waals surface area contributed by atoms with Crippen molar-refractivity contribution in [1.29, 1.82) is 0 Å². The van der Waals surface area contributed by atoms with Gasteiger partial charge in [0.25, 0.3) is 10.0 Å². The Morgan fingerprint density at radius 3 is 1.88 bits per heavy atom. The van der Waals surface area contributed by atoms with Gasteiger partial charge in [-0.1, -0.05) is 22.9 Å². The van der Waals surface area contributed by atoms with E-state index >= 15 is 0 Å². The second-order valence-electron chi connectivity index (χ2n) is 5.51. The van der Waals surface area contributed by atoms with Crippen molar-refractivity contribution in [3.05, 3.63) is 53.0 Å². The number of benzene rings is 2. The van der Waals surface area contributed by atoms with Gasteiger partial charge in [0.1, 0.15) is 0 Å². The summed E-state index contributed by atoms with van der Waals surface area (Å²) in [5.74, 6) is 0. The van der Waals surface area contributed by atoms with Gasteiger partial charge in [-0.05, 0) is 61.9 Å². The van der Waals surface area contributed by atoms with Gasteiger partial charge in [0.2, 0.25) is 10.0 Å². The molecule has 1 atom stereocenters. The molecule has 0 aliphatic rings. The molecule has 25 heavy (non-hydrogen) atoms. The molecule has 0 amide bonds. The monoisotopic (exact) mass is 446 g/mol. The van der Waals surface area contributed by atoms with E-state index < -0.39 is 20.0 Å². The Labute approximate surface area is 156 Å². The molecule has 0 aliphatic carbocycles. The van der Waals surface area contributed by atoms with E-state index in [0.717, 1.165) is 4.47 Å². The average Bonchev–Trinajstić information content (AvgIpc) is 2.55. The SMILES string of the molecule is CC[C@H](C)NS(=O)(=O)c1ccc(NS(=O)(=O)c2ccc(Br)cc2)cc1. The zero-order valence-corrected chi connectivity index (χ0v) is 16.9. The first kappa shape index (κ1) is 19.9. The molecule has 0 unspecified atom stereocenters. The third-order valence-corrected chi connectivity index (χ3v) is 7.04. The molecule has 2 rings (SSSR count). The maximum absolute atomic E-state index is 12.3. The summed E-state index contributed by atoms with van der Waals surface area (Å²) >= 11 is 3.25. The van der Waals surface area contributed by atoms with Crippen LogP contribution in [0.25, 0.3) is 0 Å². The van der Waals surface area contributed by atoms with Gasteiger partial charge >= 0.3 is 0 Å². The molecule has 0 aromatic heterocycles.